The van der Waals surface area contributed by atoms with Gasteiger partial charge in [0.05, 0.1) is 6.20 Å². The molecule has 1 fully saturated rings. The van der Waals surface area contributed by atoms with Gasteiger partial charge in [0.2, 0.25) is 5.95 Å². The van der Waals surface area contributed by atoms with E-state index in [2.05, 4.69) is 44.0 Å². The summed E-state index contributed by atoms with van der Waals surface area (Å²) in [4.78, 5) is 33.7. The van der Waals surface area contributed by atoms with E-state index in [-0.39, 0.29) is 29.2 Å². The molecule has 13 heteroatoms. The van der Waals surface area contributed by atoms with Gasteiger partial charge in [-0.05, 0) is 84.8 Å². The molecule has 0 radical (unpaired) electrons. The number of aryl methyl sites for hydroxylation is 1. The summed E-state index contributed by atoms with van der Waals surface area (Å²) in [5.74, 6) is -0.420. The quantitative estimate of drug-likeness (QED) is 0.305. The van der Waals surface area contributed by atoms with Gasteiger partial charge in [-0.25, -0.2) is 27.8 Å². The van der Waals surface area contributed by atoms with Crippen molar-refractivity contribution in [3.05, 3.63) is 64.5 Å². The molecule has 0 amide bonds. The Morgan fingerprint density at radius 1 is 1.02 bits per heavy atom. The van der Waals surface area contributed by atoms with Crippen LogP contribution < -0.4 is 15.6 Å². The van der Waals surface area contributed by atoms with Crippen LogP contribution in [0.15, 0.2) is 52.3 Å². The van der Waals surface area contributed by atoms with Crippen LogP contribution in [0.2, 0.25) is 0 Å². The van der Waals surface area contributed by atoms with E-state index in [1.54, 1.807) is 23.8 Å². The summed E-state index contributed by atoms with van der Waals surface area (Å²) in [5, 5.41) is 3.44. The van der Waals surface area contributed by atoms with Crippen molar-refractivity contribution in [2.24, 2.45) is 0 Å². The number of rotatable bonds is 8. The maximum absolute atomic E-state index is 14.1. The summed E-state index contributed by atoms with van der Waals surface area (Å²) in [6, 6.07) is 8.69. The number of halogens is 1. The number of anilines is 2. The third kappa shape index (κ3) is 5.97. The molecule has 4 aromatic rings. The predicted octanol–water partition coefficient (Wildman–Crippen LogP) is 4.36. The van der Waals surface area contributed by atoms with Crippen molar-refractivity contribution in [3.63, 3.8) is 0 Å². The number of benzene rings is 1. The molecular weight excluding hydrogens is 559 g/mol. The average molecular weight is 595 g/mol. The van der Waals surface area contributed by atoms with Gasteiger partial charge in [0.25, 0.3) is 15.6 Å². The van der Waals surface area contributed by atoms with E-state index in [0.29, 0.717) is 34.4 Å². The van der Waals surface area contributed by atoms with Crippen LogP contribution in [-0.4, -0.2) is 64.0 Å². The van der Waals surface area contributed by atoms with Crippen molar-refractivity contribution in [3.8, 4) is 11.3 Å². The molecule has 42 heavy (non-hydrogen) atoms. The maximum atomic E-state index is 14.1. The number of hydrogen-bond donors (Lipinski definition) is 2. The SMILES string of the molecule is Cc1nc(NS(=O)(=O)c2ccccc2F)ccc1-c1nc2cnc(NC3CCC(N(C)C)CC3)nc2n(C(C)C)c1=O. The number of nitrogens with one attached hydrogen (secondary N) is 2. The van der Waals surface area contributed by atoms with Crippen LogP contribution in [0.1, 0.15) is 51.3 Å². The van der Waals surface area contributed by atoms with Crippen molar-refractivity contribution < 1.29 is 12.8 Å². The zero-order valence-corrected chi connectivity index (χ0v) is 25.1. The Morgan fingerprint density at radius 2 is 1.74 bits per heavy atom. The topological polar surface area (TPSA) is 135 Å². The van der Waals surface area contributed by atoms with E-state index < -0.39 is 20.7 Å². The Morgan fingerprint density at radius 3 is 2.38 bits per heavy atom. The molecule has 3 heterocycles. The van der Waals surface area contributed by atoms with Crippen molar-refractivity contribution in [1.82, 2.24) is 29.4 Å². The highest BCUT2D eigenvalue weighted by Crippen LogP contribution is 2.26. The summed E-state index contributed by atoms with van der Waals surface area (Å²) in [7, 11) is 0.0115. The van der Waals surface area contributed by atoms with Crippen LogP contribution in [0.5, 0.6) is 0 Å². The monoisotopic (exact) mass is 594 g/mol. The minimum atomic E-state index is -4.21. The van der Waals surface area contributed by atoms with Gasteiger partial charge in [0.15, 0.2) is 5.65 Å². The molecule has 0 atom stereocenters. The Balaban J connectivity index is 1.45. The van der Waals surface area contributed by atoms with Crippen LogP contribution >= 0.6 is 0 Å². The molecule has 1 aliphatic carbocycles. The largest absolute Gasteiger partial charge is 0.351 e. The van der Waals surface area contributed by atoms with Gasteiger partial charge in [-0.15, -0.1) is 0 Å². The van der Waals surface area contributed by atoms with Crippen molar-refractivity contribution >= 4 is 33.0 Å². The molecule has 1 aromatic carbocycles. The Kier molecular flexibility index (Phi) is 8.24. The number of pyridine rings is 1. The standard InChI is InChI=1S/C29H35FN8O3S/c1-17(2)38-27-23(16-31-29(35-27)33-19-10-12-20(13-11-19)37(4)5)34-26(28(38)39)21-14-15-25(32-18(21)3)36-42(40,41)24-9-7-6-8-22(24)30/h6-9,14-17,19-20H,10-13H2,1-5H3,(H,32,36)(H,31,33,35). The second-order valence-electron chi connectivity index (χ2n) is 11.1. The molecule has 2 N–H and O–H groups in total. The summed E-state index contributed by atoms with van der Waals surface area (Å²) in [5.41, 5.74) is 1.48. The number of sulfonamides is 1. The molecule has 222 valence electrons. The second kappa shape index (κ2) is 11.7. The smallest absolute Gasteiger partial charge is 0.279 e. The first kappa shape index (κ1) is 29.5. The first-order valence-electron chi connectivity index (χ1n) is 13.9. The Hall–Kier alpha value is -3.97. The second-order valence-corrected chi connectivity index (χ2v) is 12.8. The third-order valence-corrected chi connectivity index (χ3v) is 9.00. The first-order chi connectivity index (χ1) is 19.9. The highest BCUT2D eigenvalue weighted by atomic mass is 32.2. The van der Waals surface area contributed by atoms with E-state index in [0.717, 1.165) is 31.7 Å². The summed E-state index contributed by atoms with van der Waals surface area (Å²) < 4.78 is 43.5. The van der Waals surface area contributed by atoms with Crippen LogP contribution in [-0.2, 0) is 10.0 Å². The molecule has 0 spiro atoms. The molecule has 11 nitrogen and oxygen atoms in total. The van der Waals surface area contributed by atoms with Gasteiger partial charge < -0.3 is 10.2 Å². The van der Waals surface area contributed by atoms with E-state index in [1.165, 1.54) is 24.3 Å². The molecule has 0 bridgehead atoms. The van der Waals surface area contributed by atoms with Gasteiger partial charge in [-0.3, -0.25) is 14.1 Å². The molecule has 1 saturated carbocycles. The average Bonchev–Trinajstić information content (AvgIpc) is 2.93. The molecular formula is C29H35FN8O3S. The van der Waals surface area contributed by atoms with Gasteiger partial charge in [-0.2, -0.15) is 4.98 Å². The van der Waals surface area contributed by atoms with Crippen LogP contribution in [0.3, 0.4) is 0 Å². The lowest BCUT2D eigenvalue weighted by Crippen LogP contribution is -2.36. The molecule has 3 aromatic heterocycles. The fourth-order valence-corrected chi connectivity index (χ4v) is 6.45. The first-order valence-corrected chi connectivity index (χ1v) is 15.4. The number of nitrogens with zero attached hydrogens (tertiary/aromatic N) is 6. The highest BCUT2D eigenvalue weighted by Gasteiger charge is 2.24. The third-order valence-electron chi connectivity index (χ3n) is 7.61. The summed E-state index contributed by atoms with van der Waals surface area (Å²) >= 11 is 0. The molecule has 0 aliphatic heterocycles. The van der Waals surface area contributed by atoms with Crippen LogP contribution in [0.25, 0.3) is 22.4 Å². The Bertz CT molecular complexity index is 1780. The summed E-state index contributed by atoms with van der Waals surface area (Å²) in [6.07, 6.45) is 5.82. The molecule has 5 rings (SSSR count). The number of aromatic nitrogens is 5. The number of fused-ring (bicyclic) bond motifs is 1. The van der Waals surface area contributed by atoms with E-state index in [4.69, 9.17) is 4.98 Å². The molecule has 0 unspecified atom stereocenters. The molecule has 1 aliphatic rings. The van der Waals surface area contributed by atoms with Gasteiger partial charge >= 0.3 is 0 Å². The number of hydrogen-bond acceptors (Lipinski definition) is 9. The normalized spacial score (nSPS) is 17.6. The van der Waals surface area contributed by atoms with E-state index in [9.17, 15) is 17.6 Å². The lowest BCUT2D eigenvalue weighted by molar-refractivity contribution is 0.221. The van der Waals surface area contributed by atoms with E-state index in [1.807, 2.05) is 13.8 Å². The van der Waals surface area contributed by atoms with E-state index >= 15 is 0 Å². The van der Waals surface area contributed by atoms with Crippen molar-refractivity contribution in [2.45, 2.75) is 69.5 Å². The highest BCUT2D eigenvalue weighted by molar-refractivity contribution is 7.92. The lowest BCUT2D eigenvalue weighted by atomic mass is 9.91. The van der Waals surface area contributed by atoms with Gasteiger partial charge in [0.1, 0.15) is 27.7 Å². The fraction of sp³-hybridized carbons (Fsp3) is 0.414. The predicted molar refractivity (Wildman–Crippen MR) is 161 cm³/mol. The minimum absolute atomic E-state index is 0.0110. The zero-order chi connectivity index (χ0) is 30.2. The van der Waals surface area contributed by atoms with Gasteiger partial charge in [0, 0.05) is 29.4 Å². The van der Waals surface area contributed by atoms with Crippen LogP contribution in [0, 0.1) is 12.7 Å². The lowest BCUT2D eigenvalue weighted by Gasteiger charge is -2.32. The minimum Gasteiger partial charge on any atom is -0.351 e. The van der Waals surface area contributed by atoms with Crippen molar-refractivity contribution in [1.29, 1.82) is 0 Å². The maximum Gasteiger partial charge on any atom is 0.279 e. The van der Waals surface area contributed by atoms with Crippen LogP contribution in [0.4, 0.5) is 16.2 Å². The molecule has 0 saturated heterocycles. The fourth-order valence-electron chi connectivity index (χ4n) is 5.37. The summed E-state index contributed by atoms with van der Waals surface area (Å²) in [6.45, 7) is 5.44. The zero-order valence-electron chi connectivity index (χ0n) is 24.3. The van der Waals surface area contributed by atoms with Crippen molar-refractivity contribution in [2.75, 3.05) is 24.1 Å². The Labute approximate surface area is 244 Å². The van der Waals surface area contributed by atoms with Gasteiger partial charge in [-0.1, -0.05) is 12.1 Å².